The lowest BCUT2D eigenvalue weighted by Gasteiger charge is -2.19. The van der Waals surface area contributed by atoms with Gasteiger partial charge < -0.3 is 26.8 Å². The first-order valence-corrected chi connectivity index (χ1v) is 25.2. The minimum Gasteiger partial charge on any atom is -0.456 e. The van der Waals surface area contributed by atoms with Crippen molar-refractivity contribution in [2.45, 2.75) is 0 Å². The molecule has 0 bridgehead atoms. The van der Waals surface area contributed by atoms with Crippen molar-refractivity contribution in [2.75, 3.05) is 0 Å². The van der Waals surface area contributed by atoms with Crippen molar-refractivity contribution < 1.29 is 17.7 Å². The fourth-order valence-corrected chi connectivity index (χ4v) is 12.4. The van der Waals surface area contributed by atoms with Crippen LogP contribution in [-0.2, 0) is 0 Å². The molecule has 0 N–H and O–H groups in total. The predicted octanol–water partition coefficient (Wildman–Crippen LogP) is 18.6. The van der Waals surface area contributed by atoms with Gasteiger partial charge in [-0.25, -0.2) is 0 Å². The van der Waals surface area contributed by atoms with Crippen molar-refractivity contribution in [1.82, 2.24) is 9.13 Å². The van der Waals surface area contributed by atoms with Crippen molar-refractivity contribution in [3.8, 4) is 45.8 Å². The average Bonchev–Trinajstić information content (AvgIpc) is 4.39. The summed E-state index contributed by atoms with van der Waals surface area (Å²) in [4.78, 5) is 0. The Kier molecular flexibility index (Phi) is 7.99. The Morgan fingerprint density at radius 3 is 1.03 bits per heavy atom. The highest BCUT2D eigenvalue weighted by Crippen LogP contribution is 2.48. The molecule has 350 valence electrons. The first kappa shape index (κ1) is 40.8. The van der Waals surface area contributed by atoms with E-state index in [1.165, 1.54) is 0 Å². The number of aromatic nitrogens is 2. The molecular weight excluding hydrogens is 937 g/mol. The predicted molar refractivity (Wildman–Crippen MR) is 305 cm³/mol. The average molecular weight is 971 g/mol. The SMILES string of the molecule is N#Cc1ccc(C#N)c(-n2c3ccc(-c4ccc5c(c4)oc4ccccc45)cc3c3c4oc5ccccc5c4ccc32)c1-n1c2ccc(-c3ccc4c(c3)oc3ccccc34)cc2c2c3oc4ccccc4c3ccc21. The van der Waals surface area contributed by atoms with E-state index >= 15 is 0 Å². The van der Waals surface area contributed by atoms with E-state index in [0.29, 0.717) is 22.5 Å². The largest absolute Gasteiger partial charge is 0.456 e. The van der Waals surface area contributed by atoms with Crippen LogP contribution in [0, 0.1) is 22.7 Å². The van der Waals surface area contributed by atoms with Gasteiger partial charge in [-0.05, 0) is 131 Å². The van der Waals surface area contributed by atoms with Crippen molar-refractivity contribution >= 4 is 131 Å². The second-order valence-electron chi connectivity index (χ2n) is 19.7. The normalized spacial score (nSPS) is 12.2. The van der Waals surface area contributed by atoms with Crippen molar-refractivity contribution in [3.63, 3.8) is 0 Å². The Morgan fingerprint density at radius 1 is 0.276 bits per heavy atom. The van der Waals surface area contributed by atoms with Gasteiger partial charge in [-0.15, -0.1) is 0 Å². The molecule has 0 aliphatic heterocycles. The van der Waals surface area contributed by atoms with Gasteiger partial charge >= 0.3 is 0 Å². The summed E-state index contributed by atoms with van der Waals surface area (Å²) in [6, 6.07) is 75.3. The highest BCUT2D eigenvalue weighted by molar-refractivity contribution is 6.26. The summed E-state index contributed by atoms with van der Waals surface area (Å²) in [6.45, 7) is 0. The van der Waals surface area contributed by atoms with E-state index in [4.69, 9.17) is 17.7 Å². The van der Waals surface area contributed by atoms with E-state index in [9.17, 15) is 10.5 Å². The second-order valence-corrected chi connectivity index (χ2v) is 19.7. The number of rotatable bonds is 4. The fourth-order valence-electron chi connectivity index (χ4n) is 12.4. The van der Waals surface area contributed by atoms with Crippen LogP contribution < -0.4 is 0 Å². The number of hydrogen-bond acceptors (Lipinski definition) is 6. The van der Waals surface area contributed by atoms with Crippen LogP contribution in [0.1, 0.15) is 11.1 Å². The number of nitriles is 2. The van der Waals surface area contributed by atoms with E-state index in [-0.39, 0.29) is 0 Å². The number of furan rings is 4. The van der Waals surface area contributed by atoms with Crippen molar-refractivity contribution in [1.29, 1.82) is 10.5 Å². The number of hydrogen-bond donors (Lipinski definition) is 0. The molecule has 0 radical (unpaired) electrons. The van der Waals surface area contributed by atoms with Crippen LogP contribution in [0.5, 0.6) is 0 Å². The van der Waals surface area contributed by atoms with Crippen LogP contribution in [0.25, 0.3) is 165 Å². The minimum absolute atomic E-state index is 0.396. The van der Waals surface area contributed by atoms with Gasteiger partial charge in [0, 0.05) is 53.9 Å². The summed E-state index contributed by atoms with van der Waals surface area (Å²) in [5.41, 5.74) is 15.6. The lowest BCUT2D eigenvalue weighted by molar-refractivity contribution is 0.668. The Hall–Kier alpha value is -10.8. The molecule has 76 heavy (non-hydrogen) atoms. The van der Waals surface area contributed by atoms with Crippen LogP contribution in [0.15, 0.2) is 224 Å². The molecule has 0 saturated heterocycles. The van der Waals surface area contributed by atoms with Gasteiger partial charge in [0.25, 0.3) is 0 Å². The highest BCUT2D eigenvalue weighted by Gasteiger charge is 2.28. The maximum Gasteiger partial charge on any atom is 0.145 e. The van der Waals surface area contributed by atoms with Gasteiger partial charge in [0.15, 0.2) is 0 Å². The van der Waals surface area contributed by atoms with Crippen molar-refractivity contribution in [3.05, 3.63) is 217 Å². The van der Waals surface area contributed by atoms with Gasteiger partial charge in [-0.1, -0.05) is 97.1 Å². The molecule has 0 spiro atoms. The monoisotopic (exact) mass is 970 g/mol. The van der Waals surface area contributed by atoms with Crippen LogP contribution in [0.3, 0.4) is 0 Å². The van der Waals surface area contributed by atoms with E-state index in [0.717, 1.165) is 154 Å². The summed E-state index contributed by atoms with van der Waals surface area (Å²) in [7, 11) is 0. The van der Waals surface area contributed by atoms with Crippen LogP contribution >= 0.6 is 0 Å². The zero-order chi connectivity index (χ0) is 49.9. The third kappa shape index (κ3) is 5.43. The molecule has 11 aromatic carbocycles. The van der Waals surface area contributed by atoms with E-state index in [2.05, 4.69) is 143 Å². The number of fused-ring (bicyclic) bond motifs is 20. The smallest absolute Gasteiger partial charge is 0.145 e. The summed E-state index contributed by atoms with van der Waals surface area (Å²) < 4.78 is 30.8. The molecule has 0 aliphatic carbocycles. The summed E-state index contributed by atoms with van der Waals surface area (Å²) in [5.74, 6) is 0. The Morgan fingerprint density at radius 2 is 0.605 bits per heavy atom. The van der Waals surface area contributed by atoms with Gasteiger partial charge in [0.2, 0.25) is 0 Å². The maximum atomic E-state index is 11.4. The quantitative estimate of drug-likeness (QED) is 0.174. The molecule has 6 heterocycles. The molecule has 8 nitrogen and oxygen atoms in total. The third-order valence-corrected chi connectivity index (χ3v) is 15.8. The lowest BCUT2D eigenvalue weighted by Crippen LogP contribution is -2.08. The minimum atomic E-state index is 0.396. The first-order valence-electron chi connectivity index (χ1n) is 25.2. The van der Waals surface area contributed by atoms with Crippen LogP contribution in [0.4, 0.5) is 0 Å². The van der Waals surface area contributed by atoms with Crippen LogP contribution in [0.2, 0.25) is 0 Å². The molecule has 0 atom stereocenters. The van der Waals surface area contributed by atoms with E-state index in [1.54, 1.807) is 12.1 Å². The fraction of sp³-hybridized carbons (Fsp3) is 0. The molecule has 0 aliphatic rings. The highest BCUT2D eigenvalue weighted by atomic mass is 16.3. The van der Waals surface area contributed by atoms with Crippen molar-refractivity contribution in [2.24, 2.45) is 0 Å². The molecule has 0 amide bonds. The van der Waals surface area contributed by atoms with Gasteiger partial charge in [-0.3, -0.25) is 0 Å². The molecular formula is C68H34N4O4. The Labute approximate surface area is 429 Å². The number of benzene rings is 11. The molecule has 17 rings (SSSR count). The van der Waals surface area contributed by atoms with Gasteiger partial charge in [-0.2, -0.15) is 10.5 Å². The zero-order valence-corrected chi connectivity index (χ0v) is 40.1. The molecule has 17 aromatic rings. The summed E-state index contributed by atoms with van der Waals surface area (Å²) in [6.07, 6.45) is 0. The molecule has 0 saturated carbocycles. The van der Waals surface area contributed by atoms with Gasteiger partial charge in [0.05, 0.1) is 55.3 Å². The van der Waals surface area contributed by atoms with Gasteiger partial charge in [0.1, 0.15) is 56.8 Å². The lowest BCUT2D eigenvalue weighted by atomic mass is 10.0. The summed E-state index contributed by atoms with van der Waals surface area (Å²) >= 11 is 0. The Bertz CT molecular complexity index is 5180. The van der Waals surface area contributed by atoms with E-state index < -0.39 is 0 Å². The topological polar surface area (TPSA) is 110 Å². The Balaban J connectivity index is 0.972. The maximum absolute atomic E-state index is 11.4. The molecule has 0 unspecified atom stereocenters. The molecule has 8 heteroatoms. The van der Waals surface area contributed by atoms with Crippen LogP contribution in [-0.4, -0.2) is 9.13 Å². The number of nitrogens with zero attached hydrogens (tertiary/aromatic N) is 4. The second kappa shape index (κ2) is 14.9. The third-order valence-electron chi connectivity index (χ3n) is 15.8. The number of para-hydroxylation sites is 4. The summed E-state index contributed by atoms with van der Waals surface area (Å²) in [5, 5.41) is 34.6. The zero-order valence-electron chi connectivity index (χ0n) is 40.1. The van der Waals surface area contributed by atoms with E-state index in [1.807, 2.05) is 72.8 Å². The standard InChI is InChI=1S/C68H34N4O4/c69-35-41-17-18-42(36-70)66(72-54-28-22-38(40-20-24-48-44-10-2-6-14-58(44)74-62(48)34-40)32-52(54)64-56(72)30-26-50-46-12-4-8-16-60(46)76-68(50)64)65(41)71-53-27-21-37(39-19-23-47-43-9-1-5-13-57(43)73-61(47)33-39)31-51(53)63-55(71)29-25-49-45-11-3-7-15-59(45)75-67(49)63/h1-34H. The molecule has 0 fully saturated rings. The molecule has 6 aromatic heterocycles. The first-order chi connectivity index (χ1) is 37.6.